The van der Waals surface area contributed by atoms with Gasteiger partial charge in [-0.1, -0.05) is 0 Å². The van der Waals surface area contributed by atoms with E-state index in [9.17, 15) is 35.1 Å². The molecule has 0 fully saturated rings. The van der Waals surface area contributed by atoms with Gasteiger partial charge < -0.3 is 44.5 Å². The number of rotatable bonds is 10. The molecule has 174 valence electrons. The highest BCUT2D eigenvalue weighted by molar-refractivity contribution is 5.92. The summed E-state index contributed by atoms with van der Waals surface area (Å²) in [7, 11) is 4.90. The first kappa shape index (κ1) is 24.4. The van der Waals surface area contributed by atoms with Crippen LogP contribution in [0, 0.1) is 0 Å². The quantitative estimate of drug-likeness (QED) is 0.355. The fourth-order valence-electron chi connectivity index (χ4n) is 3.41. The summed E-state index contributed by atoms with van der Waals surface area (Å²) in [4.78, 5) is 23.5. The van der Waals surface area contributed by atoms with Gasteiger partial charge in [0.1, 0.15) is 0 Å². The van der Waals surface area contributed by atoms with Gasteiger partial charge in [-0.15, -0.1) is 0 Å². The fraction of sp³-hybridized carbons (Fsp3) is 0.333. The Kier molecular flexibility index (Phi) is 7.60. The molecule has 11 heteroatoms. The van der Waals surface area contributed by atoms with Crippen molar-refractivity contribution in [2.45, 2.75) is 18.9 Å². The Labute approximate surface area is 183 Å². The maximum absolute atomic E-state index is 11.7. The van der Waals surface area contributed by atoms with Crippen LogP contribution in [0.3, 0.4) is 0 Å². The molecule has 32 heavy (non-hydrogen) atoms. The number of hydrogen-bond donors (Lipinski definition) is 5. The van der Waals surface area contributed by atoms with Crippen molar-refractivity contribution in [1.82, 2.24) is 0 Å². The molecule has 0 aromatic heterocycles. The number of aliphatic hydroxyl groups excluding tert-OH is 1. The summed E-state index contributed by atoms with van der Waals surface area (Å²) in [6, 6.07) is 2.18. The Morgan fingerprint density at radius 1 is 0.750 bits per heavy atom. The minimum absolute atomic E-state index is 0.0284. The monoisotopic (exact) mass is 452 g/mol. The number of ether oxygens (including phenoxy) is 4. The lowest BCUT2D eigenvalue weighted by molar-refractivity contribution is 0.0684. The van der Waals surface area contributed by atoms with Crippen molar-refractivity contribution < 1.29 is 54.1 Å². The number of benzene rings is 2. The van der Waals surface area contributed by atoms with E-state index in [1.807, 2.05) is 0 Å². The highest BCUT2D eigenvalue weighted by Crippen LogP contribution is 2.44. The van der Waals surface area contributed by atoms with Gasteiger partial charge in [0.25, 0.3) is 0 Å². The third-order valence-corrected chi connectivity index (χ3v) is 4.83. The molecule has 2 aromatic carbocycles. The first-order chi connectivity index (χ1) is 15.1. The normalized spacial score (nSPS) is 10.7. The zero-order valence-corrected chi connectivity index (χ0v) is 17.8. The van der Waals surface area contributed by atoms with Gasteiger partial charge in [0.15, 0.2) is 23.0 Å². The van der Waals surface area contributed by atoms with E-state index in [0.717, 1.165) is 12.1 Å². The van der Waals surface area contributed by atoms with Crippen LogP contribution < -0.4 is 18.9 Å². The van der Waals surface area contributed by atoms with E-state index >= 15 is 0 Å². The second-order valence-electron chi connectivity index (χ2n) is 6.65. The third-order valence-electron chi connectivity index (χ3n) is 4.83. The largest absolute Gasteiger partial charge is 0.502 e. The summed E-state index contributed by atoms with van der Waals surface area (Å²) in [5, 5.41) is 50.5. The number of aromatic hydroxyl groups is 2. The number of carbonyl (C=O) groups is 2. The van der Waals surface area contributed by atoms with E-state index in [4.69, 9.17) is 18.9 Å². The standard InChI is InChI=1S/C21H24O11/c1-29-14-7-12(20(25)26)10(18(31-3)16(14)23)5-9(22)6-11-13(21(27)28)8-15(30-2)17(24)19(11)32-4/h7-9,22-24H,5-6H2,1-4H3,(H,25,26)(H,27,28). The van der Waals surface area contributed by atoms with Gasteiger partial charge >= 0.3 is 11.9 Å². The van der Waals surface area contributed by atoms with Gasteiger partial charge in [0, 0.05) is 24.0 Å². The molecular formula is C21H24O11. The number of carboxylic acids is 2. The Morgan fingerprint density at radius 3 is 1.34 bits per heavy atom. The van der Waals surface area contributed by atoms with E-state index in [2.05, 4.69) is 0 Å². The SMILES string of the molecule is COc1cc(C(=O)O)c(CC(O)Cc2c(C(=O)O)cc(OC)c(O)c2OC)c(OC)c1O. The number of aromatic carboxylic acids is 2. The van der Waals surface area contributed by atoms with Crippen LogP contribution in [0.25, 0.3) is 0 Å². The van der Waals surface area contributed by atoms with Gasteiger partial charge in [0.05, 0.1) is 45.7 Å². The molecular weight excluding hydrogens is 428 g/mol. The van der Waals surface area contributed by atoms with Crippen LogP contribution in [0.15, 0.2) is 12.1 Å². The molecule has 0 atom stereocenters. The highest BCUT2D eigenvalue weighted by atomic mass is 16.5. The van der Waals surface area contributed by atoms with Gasteiger partial charge in [-0.2, -0.15) is 0 Å². The molecule has 2 aromatic rings. The van der Waals surface area contributed by atoms with Crippen LogP contribution in [0.5, 0.6) is 34.5 Å². The smallest absolute Gasteiger partial charge is 0.336 e. The third kappa shape index (κ3) is 4.57. The number of carboxylic acid groups (broad SMARTS) is 2. The molecule has 11 nitrogen and oxygen atoms in total. The molecule has 2 rings (SSSR count). The van der Waals surface area contributed by atoms with Crippen LogP contribution in [-0.2, 0) is 12.8 Å². The summed E-state index contributed by atoms with van der Waals surface area (Å²) >= 11 is 0. The van der Waals surface area contributed by atoms with Crippen molar-refractivity contribution in [3.8, 4) is 34.5 Å². The van der Waals surface area contributed by atoms with Crippen molar-refractivity contribution in [2.24, 2.45) is 0 Å². The predicted molar refractivity (Wildman–Crippen MR) is 110 cm³/mol. The van der Waals surface area contributed by atoms with Crippen LogP contribution in [0.2, 0.25) is 0 Å². The first-order valence-electron chi connectivity index (χ1n) is 9.19. The lowest BCUT2D eigenvalue weighted by Crippen LogP contribution is -2.19. The molecule has 0 saturated heterocycles. The maximum Gasteiger partial charge on any atom is 0.336 e. The lowest BCUT2D eigenvalue weighted by atomic mass is 9.93. The van der Waals surface area contributed by atoms with E-state index in [-0.39, 0.29) is 58.1 Å². The molecule has 0 aliphatic heterocycles. The number of aliphatic hydroxyl groups is 1. The summed E-state index contributed by atoms with van der Waals surface area (Å²) in [6.45, 7) is 0. The summed E-state index contributed by atoms with van der Waals surface area (Å²) in [5.41, 5.74) is -0.615. The van der Waals surface area contributed by atoms with E-state index in [0.29, 0.717) is 0 Å². The van der Waals surface area contributed by atoms with Crippen molar-refractivity contribution in [1.29, 1.82) is 0 Å². The number of methoxy groups -OCH3 is 4. The van der Waals surface area contributed by atoms with Crippen LogP contribution in [0.1, 0.15) is 31.8 Å². The average molecular weight is 452 g/mol. The van der Waals surface area contributed by atoms with Crippen molar-refractivity contribution in [3.05, 3.63) is 34.4 Å². The molecule has 0 heterocycles. The Hall–Kier alpha value is -3.86. The Morgan fingerprint density at radius 2 is 1.09 bits per heavy atom. The second kappa shape index (κ2) is 9.96. The zero-order chi connectivity index (χ0) is 24.2. The topological polar surface area (TPSA) is 172 Å². The van der Waals surface area contributed by atoms with E-state index in [1.165, 1.54) is 28.4 Å². The molecule has 0 bridgehead atoms. The van der Waals surface area contributed by atoms with Gasteiger partial charge in [-0.05, 0) is 12.1 Å². The molecule has 0 saturated carbocycles. The predicted octanol–water partition coefficient (Wildman–Crippen LogP) is 1.67. The molecule has 5 N–H and O–H groups in total. The summed E-state index contributed by atoms with van der Waals surface area (Å²) in [5.74, 6) is -4.28. The molecule has 0 aliphatic rings. The molecule has 0 spiro atoms. The minimum atomic E-state index is -1.35. The van der Waals surface area contributed by atoms with Crippen molar-refractivity contribution in [3.63, 3.8) is 0 Å². The van der Waals surface area contributed by atoms with E-state index in [1.54, 1.807) is 0 Å². The molecule has 0 radical (unpaired) electrons. The van der Waals surface area contributed by atoms with Crippen LogP contribution >= 0.6 is 0 Å². The summed E-state index contributed by atoms with van der Waals surface area (Å²) < 4.78 is 20.2. The molecule has 0 amide bonds. The molecule has 0 aliphatic carbocycles. The maximum atomic E-state index is 11.7. The number of hydrogen-bond acceptors (Lipinski definition) is 9. The van der Waals surface area contributed by atoms with Gasteiger partial charge in [-0.3, -0.25) is 0 Å². The highest BCUT2D eigenvalue weighted by Gasteiger charge is 2.28. The summed E-state index contributed by atoms with van der Waals surface area (Å²) in [6.07, 6.45) is -2.02. The van der Waals surface area contributed by atoms with E-state index < -0.39 is 29.5 Å². The van der Waals surface area contributed by atoms with Gasteiger partial charge in [0.2, 0.25) is 11.5 Å². The first-order valence-corrected chi connectivity index (χ1v) is 9.19. The second-order valence-corrected chi connectivity index (χ2v) is 6.65. The van der Waals surface area contributed by atoms with Crippen LogP contribution in [0.4, 0.5) is 0 Å². The Bertz CT molecular complexity index is 948. The molecule has 0 unspecified atom stereocenters. The van der Waals surface area contributed by atoms with Crippen molar-refractivity contribution >= 4 is 11.9 Å². The van der Waals surface area contributed by atoms with Crippen LogP contribution in [-0.4, -0.2) is 72.0 Å². The minimum Gasteiger partial charge on any atom is -0.502 e. The fourth-order valence-corrected chi connectivity index (χ4v) is 3.41. The average Bonchev–Trinajstić information content (AvgIpc) is 2.74. The Balaban J connectivity index is 2.56. The number of phenolic OH excluding ortho intramolecular Hbond substituents is 2. The lowest BCUT2D eigenvalue weighted by Gasteiger charge is -2.20. The number of phenols is 2. The van der Waals surface area contributed by atoms with Gasteiger partial charge in [-0.25, -0.2) is 9.59 Å². The zero-order valence-electron chi connectivity index (χ0n) is 17.8. The van der Waals surface area contributed by atoms with Crippen molar-refractivity contribution in [2.75, 3.05) is 28.4 Å².